The van der Waals surface area contributed by atoms with Crippen LogP contribution in [0.2, 0.25) is 0 Å². The molecular weight excluding hydrogens is 513 g/mol. The number of morpholine rings is 1. The van der Waals surface area contributed by atoms with Gasteiger partial charge in [0.2, 0.25) is 0 Å². The van der Waals surface area contributed by atoms with E-state index in [0.29, 0.717) is 13.1 Å². The predicted molar refractivity (Wildman–Crippen MR) is 132 cm³/mol. The van der Waals surface area contributed by atoms with Gasteiger partial charge in [-0.05, 0) is 39.3 Å². The number of carbonyl (C=O) groups is 1. The van der Waals surface area contributed by atoms with Gasteiger partial charge in [0.15, 0.2) is 5.96 Å². The lowest BCUT2D eigenvalue weighted by Crippen LogP contribution is -2.45. The number of furan rings is 1. The quantitative estimate of drug-likeness (QED) is 0.178. The number of carbonyl (C=O) groups excluding carboxylic acids is 1. The first kappa shape index (κ1) is 27.5. The SMILES string of the molecule is CC(C)(C)OC(=O)NCCCN=C(NCCc1ccco1)NCCN1CCOCC1.I. The molecule has 9 nitrogen and oxygen atoms in total. The van der Waals surface area contributed by atoms with Crippen LogP contribution < -0.4 is 16.0 Å². The Kier molecular flexibility index (Phi) is 13.6. The van der Waals surface area contributed by atoms with Crippen LogP contribution in [-0.4, -0.2) is 81.6 Å². The van der Waals surface area contributed by atoms with Crippen LogP contribution in [0.5, 0.6) is 0 Å². The second-order valence-electron chi connectivity index (χ2n) is 8.15. The van der Waals surface area contributed by atoms with Crippen LogP contribution in [-0.2, 0) is 15.9 Å². The fourth-order valence-electron chi connectivity index (χ4n) is 2.86. The van der Waals surface area contributed by atoms with Crippen molar-refractivity contribution in [3.05, 3.63) is 24.2 Å². The standard InChI is InChI=1S/C21H37N5O4.HI/c1-21(2,3)30-20(27)25-9-5-8-22-19(23-10-7-18-6-4-15-29-18)24-11-12-26-13-16-28-17-14-26;/h4,6,15H,5,7-14,16-17H2,1-3H3,(H,25,27)(H2,22,23,24);1H. The van der Waals surface area contributed by atoms with Gasteiger partial charge >= 0.3 is 6.09 Å². The molecular formula is C21H38IN5O4. The molecule has 0 radical (unpaired) electrons. The molecule has 0 bridgehead atoms. The average Bonchev–Trinajstić information content (AvgIpc) is 3.20. The van der Waals surface area contributed by atoms with Crippen LogP contribution in [0.25, 0.3) is 0 Å². The van der Waals surface area contributed by atoms with Crippen molar-refractivity contribution < 1.29 is 18.7 Å². The lowest BCUT2D eigenvalue weighted by atomic mass is 10.2. The molecule has 178 valence electrons. The maximum absolute atomic E-state index is 11.7. The van der Waals surface area contributed by atoms with E-state index in [-0.39, 0.29) is 24.0 Å². The number of amides is 1. The topological polar surface area (TPSA) is 100 Å². The molecule has 0 unspecified atom stereocenters. The summed E-state index contributed by atoms with van der Waals surface area (Å²) in [6.07, 6.45) is 2.81. The number of guanidine groups is 1. The molecule has 1 aromatic rings. The normalized spacial score (nSPS) is 15.1. The molecule has 0 aromatic carbocycles. The molecule has 1 aromatic heterocycles. The molecule has 1 aliphatic rings. The van der Waals surface area contributed by atoms with Crippen molar-refractivity contribution in [3.8, 4) is 0 Å². The van der Waals surface area contributed by atoms with Crippen LogP contribution in [0.3, 0.4) is 0 Å². The second-order valence-corrected chi connectivity index (χ2v) is 8.15. The van der Waals surface area contributed by atoms with Crippen LogP contribution in [0.15, 0.2) is 27.8 Å². The van der Waals surface area contributed by atoms with Crippen molar-refractivity contribution >= 4 is 36.0 Å². The number of halogens is 1. The van der Waals surface area contributed by atoms with E-state index >= 15 is 0 Å². The maximum Gasteiger partial charge on any atom is 0.407 e. The third-order valence-corrected chi connectivity index (χ3v) is 4.34. The van der Waals surface area contributed by atoms with Crippen molar-refractivity contribution in [2.24, 2.45) is 4.99 Å². The van der Waals surface area contributed by atoms with Crippen molar-refractivity contribution in [1.29, 1.82) is 0 Å². The highest BCUT2D eigenvalue weighted by atomic mass is 127. The molecule has 1 saturated heterocycles. The number of rotatable bonds is 10. The van der Waals surface area contributed by atoms with Gasteiger partial charge in [-0.2, -0.15) is 0 Å². The molecule has 0 spiro atoms. The molecule has 31 heavy (non-hydrogen) atoms. The zero-order valence-electron chi connectivity index (χ0n) is 18.9. The molecule has 1 amide bonds. The summed E-state index contributed by atoms with van der Waals surface area (Å²) in [6, 6.07) is 3.86. The van der Waals surface area contributed by atoms with E-state index in [4.69, 9.17) is 13.9 Å². The summed E-state index contributed by atoms with van der Waals surface area (Å²) >= 11 is 0. The van der Waals surface area contributed by atoms with Crippen molar-refractivity contribution in [1.82, 2.24) is 20.9 Å². The predicted octanol–water partition coefficient (Wildman–Crippen LogP) is 2.22. The number of alkyl carbamates (subject to hydrolysis) is 1. The number of ether oxygens (including phenoxy) is 2. The summed E-state index contributed by atoms with van der Waals surface area (Å²) in [7, 11) is 0. The highest BCUT2D eigenvalue weighted by Crippen LogP contribution is 2.06. The fourth-order valence-corrected chi connectivity index (χ4v) is 2.86. The molecule has 2 rings (SSSR count). The molecule has 2 heterocycles. The van der Waals surface area contributed by atoms with Crippen molar-refractivity contribution in [2.45, 2.75) is 39.2 Å². The van der Waals surface area contributed by atoms with E-state index in [0.717, 1.165) is 70.5 Å². The molecule has 0 saturated carbocycles. The minimum atomic E-state index is -0.488. The Bertz CT molecular complexity index is 628. The summed E-state index contributed by atoms with van der Waals surface area (Å²) in [5.74, 6) is 1.71. The zero-order valence-corrected chi connectivity index (χ0v) is 21.3. The summed E-state index contributed by atoms with van der Waals surface area (Å²) in [6.45, 7) is 12.7. The molecule has 1 aliphatic heterocycles. The highest BCUT2D eigenvalue weighted by Gasteiger charge is 2.15. The first-order chi connectivity index (χ1) is 14.4. The third-order valence-electron chi connectivity index (χ3n) is 4.34. The van der Waals surface area contributed by atoms with Crippen molar-refractivity contribution in [2.75, 3.05) is 59.0 Å². The van der Waals surface area contributed by atoms with Crippen LogP contribution in [0.1, 0.15) is 33.0 Å². The van der Waals surface area contributed by atoms with E-state index in [2.05, 4.69) is 25.8 Å². The number of hydrogen-bond acceptors (Lipinski definition) is 6. The third kappa shape index (κ3) is 13.5. The Labute approximate surface area is 202 Å². The van der Waals surface area contributed by atoms with Gasteiger partial charge < -0.3 is 29.8 Å². The second kappa shape index (κ2) is 15.3. The molecule has 0 atom stereocenters. The average molecular weight is 551 g/mol. The van der Waals surface area contributed by atoms with E-state index < -0.39 is 11.7 Å². The Balaban J connectivity index is 0.00000480. The first-order valence-corrected chi connectivity index (χ1v) is 10.7. The van der Waals surface area contributed by atoms with Gasteiger partial charge in [-0.25, -0.2) is 4.79 Å². The van der Waals surface area contributed by atoms with Crippen molar-refractivity contribution in [3.63, 3.8) is 0 Å². The summed E-state index contributed by atoms with van der Waals surface area (Å²) in [5.41, 5.74) is -0.488. The van der Waals surface area contributed by atoms with Crippen LogP contribution >= 0.6 is 24.0 Å². The van der Waals surface area contributed by atoms with E-state index in [1.165, 1.54) is 0 Å². The van der Waals surface area contributed by atoms with Gasteiger partial charge in [0.25, 0.3) is 0 Å². The zero-order chi connectivity index (χ0) is 21.7. The minimum absolute atomic E-state index is 0. The molecule has 3 N–H and O–H groups in total. The van der Waals surface area contributed by atoms with Gasteiger partial charge in [-0.3, -0.25) is 9.89 Å². The molecule has 0 aliphatic carbocycles. The van der Waals surface area contributed by atoms with E-state index in [1.54, 1.807) is 6.26 Å². The number of nitrogens with zero attached hydrogens (tertiary/aromatic N) is 2. The Hall–Kier alpha value is -1.53. The fraction of sp³-hybridized carbons (Fsp3) is 0.714. The summed E-state index contributed by atoms with van der Waals surface area (Å²) < 4.78 is 16.0. The van der Waals surface area contributed by atoms with E-state index in [9.17, 15) is 4.79 Å². The van der Waals surface area contributed by atoms with Gasteiger partial charge in [0.1, 0.15) is 11.4 Å². The Morgan fingerprint density at radius 3 is 2.58 bits per heavy atom. The van der Waals surface area contributed by atoms with Crippen LogP contribution in [0.4, 0.5) is 4.79 Å². The first-order valence-electron chi connectivity index (χ1n) is 10.7. The van der Waals surface area contributed by atoms with E-state index in [1.807, 2.05) is 32.9 Å². The van der Waals surface area contributed by atoms with Gasteiger partial charge in [0.05, 0.1) is 19.5 Å². The monoisotopic (exact) mass is 551 g/mol. The number of aliphatic imine (C=N–C) groups is 1. The number of hydrogen-bond donors (Lipinski definition) is 3. The largest absolute Gasteiger partial charge is 0.469 e. The molecule has 10 heteroatoms. The number of nitrogens with one attached hydrogen (secondary N) is 3. The minimum Gasteiger partial charge on any atom is -0.469 e. The smallest absolute Gasteiger partial charge is 0.407 e. The summed E-state index contributed by atoms with van der Waals surface area (Å²) in [4.78, 5) is 18.7. The Morgan fingerprint density at radius 1 is 1.16 bits per heavy atom. The van der Waals surface area contributed by atoms with Crippen LogP contribution in [0, 0.1) is 0 Å². The van der Waals surface area contributed by atoms with Gasteiger partial charge in [0, 0.05) is 52.2 Å². The highest BCUT2D eigenvalue weighted by molar-refractivity contribution is 14.0. The van der Waals surface area contributed by atoms with Gasteiger partial charge in [-0.1, -0.05) is 0 Å². The maximum atomic E-state index is 11.7. The Morgan fingerprint density at radius 2 is 1.90 bits per heavy atom. The lowest BCUT2D eigenvalue weighted by Gasteiger charge is -2.26. The summed E-state index contributed by atoms with van der Waals surface area (Å²) in [5, 5.41) is 9.50. The molecule has 1 fully saturated rings. The lowest BCUT2D eigenvalue weighted by molar-refractivity contribution is 0.0389. The van der Waals surface area contributed by atoms with Gasteiger partial charge in [-0.15, -0.1) is 24.0 Å².